The van der Waals surface area contributed by atoms with Crippen molar-refractivity contribution < 1.29 is 5.11 Å². The molecule has 0 heterocycles. The molecule has 1 unspecified atom stereocenters. The zero-order valence-electron chi connectivity index (χ0n) is 7.93. The second-order valence-electron chi connectivity index (χ2n) is 3.61. The lowest BCUT2D eigenvalue weighted by Gasteiger charge is -2.21. The average molecular weight is 234 g/mol. The van der Waals surface area contributed by atoms with Gasteiger partial charge in [-0.25, -0.2) is 0 Å². The average Bonchev–Trinajstić information content (AvgIpc) is 2.10. The highest BCUT2D eigenvalue weighted by molar-refractivity contribution is 6.35. The second-order valence-corrected chi connectivity index (χ2v) is 4.46. The first-order chi connectivity index (χ1) is 6.44. The third kappa shape index (κ3) is 3.14. The van der Waals surface area contributed by atoms with E-state index in [2.05, 4.69) is 0 Å². The standard InChI is InChI=1S/C10H13Cl2NO/c1-10(14,6-13)5-7-2-3-8(11)4-9(7)12/h2-4,14H,5-6,13H2,1H3. The summed E-state index contributed by atoms with van der Waals surface area (Å²) in [5.74, 6) is 0. The summed E-state index contributed by atoms with van der Waals surface area (Å²) in [7, 11) is 0. The quantitative estimate of drug-likeness (QED) is 0.842. The van der Waals surface area contributed by atoms with Crippen LogP contribution in [0.15, 0.2) is 18.2 Å². The van der Waals surface area contributed by atoms with Gasteiger partial charge in [-0.1, -0.05) is 29.3 Å². The first-order valence-electron chi connectivity index (χ1n) is 4.31. The second kappa shape index (κ2) is 4.49. The van der Waals surface area contributed by atoms with Crippen LogP contribution in [-0.4, -0.2) is 17.3 Å². The van der Waals surface area contributed by atoms with Crippen molar-refractivity contribution in [3.63, 3.8) is 0 Å². The number of benzene rings is 1. The molecule has 2 nitrogen and oxygen atoms in total. The molecular weight excluding hydrogens is 221 g/mol. The van der Waals surface area contributed by atoms with E-state index in [0.717, 1.165) is 5.56 Å². The first-order valence-corrected chi connectivity index (χ1v) is 5.06. The van der Waals surface area contributed by atoms with E-state index in [1.165, 1.54) is 0 Å². The van der Waals surface area contributed by atoms with Crippen molar-refractivity contribution >= 4 is 23.2 Å². The topological polar surface area (TPSA) is 46.2 Å². The molecule has 0 fully saturated rings. The van der Waals surface area contributed by atoms with Crippen LogP contribution in [0.1, 0.15) is 12.5 Å². The molecule has 4 heteroatoms. The zero-order valence-corrected chi connectivity index (χ0v) is 9.44. The molecule has 1 rings (SSSR count). The zero-order chi connectivity index (χ0) is 10.8. The van der Waals surface area contributed by atoms with Crippen LogP contribution < -0.4 is 5.73 Å². The van der Waals surface area contributed by atoms with Crippen LogP contribution in [0.25, 0.3) is 0 Å². The smallest absolute Gasteiger partial charge is 0.0782 e. The molecule has 0 radical (unpaired) electrons. The molecule has 0 aromatic heterocycles. The molecule has 1 aromatic carbocycles. The van der Waals surface area contributed by atoms with Gasteiger partial charge in [-0.2, -0.15) is 0 Å². The number of hydrogen-bond acceptors (Lipinski definition) is 2. The molecule has 0 aliphatic rings. The highest BCUT2D eigenvalue weighted by Gasteiger charge is 2.19. The van der Waals surface area contributed by atoms with E-state index in [4.69, 9.17) is 28.9 Å². The Labute approximate surface area is 93.6 Å². The molecule has 0 aliphatic carbocycles. The lowest BCUT2D eigenvalue weighted by Crippen LogP contribution is -2.36. The summed E-state index contributed by atoms with van der Waals surface area (Å²) >= 11 is 11.7. The minimum Gasteiger partial charge on any atom is -0.389 e. The molecule has 0 saturated carbocycles. The van der Waals surface area contributed by atoms with E-state index in [-0.39, 0.29) is 6.54 Å². The van der Waals surface area contributed by atoms with Gasteiger partial charge < -0.3 is 10.8 Å². The maximum atomic E-state index is 9.75. The molecule has 0 saturated heterocycles. The van der Waals surface area contributed by atoms with Gasteiger partial charge in [0.15, 0.2) is 0 Å². The Morgan fingerprint density at radius 2 is 2.07 bits per heavy atom. The van der Waals surface area contributed by atoms with Gasteiger partial charge in [0, 0.05) is 23.0 Å². The third-order valence-electron chi connectivity index (χ3n) is 2.03. The van der Waals surface area contributed by atoms with Gasteiger partial charge in [-0.15, -0.1) is 0 Å². The van der Waals surface area contributed by atoms with Crippen LogP contribution in [-0.2, 0) is 6.42 Å². The van der Waals surface area contributed by atoms with Crippen molar-refractivity contribution in [1.29, 1.82) is 0 Å². The van der Waals surface area contributed by atoms with Gasteiger partial charge in [-0.3, -0.25) is 0 Å². The minimum absolute atomic E-state index is 0.200. The number of aliphatic hydroxyl groups is 1. The van der Waals surface area contributed by atoms with Gasteiger partial charge in [0.05, 0.1) is 5.60 Å². The van der Waals surface area contributed by atoms with Gasteiger partial charge in [0.25, 0.3) is 0 Å². The van der Waals surface area contributed by atoms with E-state index in [9.17, 15) is 5.11 Å². The summed E-state index contributed by atoms with van der Waals surface area (Å²) in [5.41, 5.74) is 5.35. The predicted octanol–water partition coefficient (Wildman–Crippen LogP) is 2.25. The van der Waals surface area contributed by atoms with Crippen LogP contribution in [0.5, 0.6) is 0 Å². The van der Waals surface area contributed by atoms with Crippen molar-refractivity contribution in [3.8, 4) is 0 Å². The molecule has 0 amide bonds. The van der Waals surface area contributed by atoms with Gasteiger partial charge in [0.1, 0.15) is 0 Å². The number of rotatable bonds is 3. The van der Waals surface area contributed by atoms with Gasteiger partial charge >= 0.3 is 0 Å². The summed E-state index contributed by atoms with van der Waals surface area (Å²) in [6.07, 6.45) is 0.430. The van der Waals surface area contributed by atoms with Gasteiger partial charge in [0.2, 0.25) is 0 Å². The van der Waals surface area contributed by atoms with Crippen molar-refractivity contribution in [3.05, 3.63) is 33.8 Å². The maximum Gasteiger partial charge on any atom is 0.0782 e. The first kappa shape index (κ1) is 11.8. The molecule has 0 bridgehead atoms. The summed E-state index contributed by atoms with van der Waals surface area (Å²) in [6.45, 7) is 1.88. The van der Waals surface area contributed by atoms with E-state index in [0.29, 0.717) is 16.5 Å². The van der Waals surface area contributed by atoms with Crippen LogP contribution in [0.4, 0.5) is 0 Å². The lowest BCUT2D eigenvalue weighted by molar-refractivity contribution is 0.0697. The van der Waals surface area contributed by atoms with Crippen LogP contribution in [0.2, 0.25) is 10.0 Å². The Balaban J connectivity index is 2.87. The molecular formula is C10H13Cl2NO. The van der Waals surface area contributed by atoms with Crippen molar-refractivity contribution in [2.45, 2.75) is 18.9 Å². The SMILES string of the molecule is CC(O)(CN)Cc1ccc(Cl)cc1Cl. The Morgan fingerprint density at radius 3 is 2.57 bits per heavy atom. The largest absolute Gasteiger partial charge is 0.389 e. The molecule has 3 N–H and O–H groups in total. The summed E-state index contributed by atoms with van der Waals surface area (Å²) in [6, 6.07) is 5.20. The molecule has 14 heavy (non-hydrogen) atoms. The minimum atomic E-state index is -0.919. The van der Waals surface area contributed by atoms with E-state index < -0.39 is 5.60 Å². The predicted molar refractivity (Wildman–Crippen MR) is 59.8 cm³/mol. The monoisotopic (exact) mass is 233 g/mol. The summed E-state index contributed by atoms with van der Waals surface area (Å²) in [4.78, 5) is 0. The van der Waals surface area contributed by atoms with E-state index in [1.54, 1.807) is 25.1 Å². The summed E-state index contributed by atoms with van der Waals surface area (Å²) < 4.78 is 0. The normalized spacial score (nSPS) is 15.2. The highest BCUT2D eigenvalue weighted by Crippen LogP contribution is 2.24. The van der Waals surface area contributed by atoms with Crippen molar-refractivity contribution in [2.75, 3.05) is 6.54 Å². The number of hydrogen-bond donors (Lipinski definition) is 2. The molecule has 1 aromatic rings. The lowest BCUT2D eigenvalue weighted by atomic mass is 9.97. The van der Waals surface area contributed by atoms with Crippen LogP contribution in [0.3, 0.4) is 0 Å². The Bertz CT molecular complexity index is 326. The molecule has 0 aliphatic heterocycles. The molecule has 78 valence electrons. The number of halogens is 2. The Morgan fingerprint density at radius 1 is 1.43 bits per heavy atom. The summed E-state index contributed by atoms with van der Waals surface area (Å²) in [5, 5.41) is 10.9. The van der Waals surface area contributed by atoms with Crippen LogP contribution >= 0.6 is 23.2 Å². The van der Waals surface area contributed by atoms with Crippen LogP contribution in [0, 0.1) is 0 Å². The van der Waals surface area contributed by atoms with E-state index >= 15 is 0 Å². The molecule has 1 atom stereocenters. The fourth-order valence-electron chi connectivity index (χ4n) is 1.15. The third-order valence-corrected chi connectivity index (χ3v) is 2.61. The maximum absolute atomic E-state index is 9.75. The molecule has 0 spiro atoms. The van der Waals surface area contributed by atoms with Crippen molar-refractivity contribution in [2.24, 2.45) is 5.73 Å². The fourth-order valence-corrected chi connectivity index (χ4v) is 1.62. The fraction of sp³-hybridized carbons (Fsp3) is 0.400. The Hall–Kier alpha value is -0.280. The number of nitrogens with two attached hydrogens (primary N) is 1. The van der Waals surface area contributed by atoms with E-state index in [1.807, 2.05) is 0 Å². The Kier molecular flexibility index (Phi) is 3.78. The van der Waals surface area contributed by atoms with Gasteiger partial charge in [-0.05, 0) is 24.6 Å². The highest BCUT2D eigenvalue weighted by atomic mass is 35.5. The van der Waals surface area contributed by atoms with Crippen molar-refractivity contribution in [1.82, 2.24) is 0 Å².